The van der Waals surface area contributed by atoms with Crippen LogP contribution in [0.2, 0.25) is 0 Å². The molecule has 0 aromatic heterocycles. The first-order chi connectivity index (χ1) is 14.4. The molecule has 3 N–H and O–H groups in total. The molecule has 6 heteroatoms. The first-order valence-corrected chi connectivity index (χ1v) is 10.3. The second-order valence-corrected chi connectivity index (χ2v) is 7.94. The molecule has 1 amide bonds. The highest BCUT2D eigenvalue weighted by Gasteiger charge is 2.27. The highest BCUT2D eigenvalue weighted by molar-refractivity contribution is 6.31. The zero-order valence-electron chi connectivity index (χ0n) is 18.3. The van der Waals surface area contributed by atoms with Crippen LogP contribution < -0.4 is 25.4 Å². The molecule has 1 unspecified atom stereocenters. The maximum atomic E-state index is 12.5. The number of fused-ring (bicyclic) bond motifs is 1. The zero-order chi connectivity index (χ0) is 21.7. The van der Waals surface area contributed by atoms with E-state index in [1.807, 2.05) is 19.1 Å². The van der Waals surface area contributed by atoms with Crippen LogP contribution in [0.15, 0.2) is 42.5 Å². The Labute approximate surface area is 178 Å². The van der Waals surface area contributed by atoms with E-state index in [0.29, 0.717) is 23.0 Å². The lowest BCUT2D eigenvalue weighted by atomic mass is 10.0. The fourth-order valence-electron chi connectivity index (χ4n) is 3.46. The van der Waals surface area contributed by atoms with Crippen molar-refractivity contribution in [1.82, 2.24) is 5.32 Å². The van der Waals surface area contributed by atoms with Gasteiger partial charge in [0.15, 0.2) is 11.5 Å². The molecule has 0 saturated heterocycles. The molecule has 0 fully saturated rings. The molecule has 3 rings (SSSR count). The van der Waals surface area contributed by atoms with E-state index in [-0.39, 0.29) is 11.9 Å². The van der Waals surface area contributed by atoms with E-state index in [1.165, 1.54) is 5.56 Å². The topological polar surface area (TPSA) is 71.6 Å². The number of hydrogen-bond donors (Lipinski definition) is 3. The third-order valence-electron chi connectivity index (χ3n) is 4.95. The highest BCUT2D eigenvalue weighted by Crippen LogP contribution is 2.40. The Balaban J connectivity index is 1.70. The number of rotatable bonds is 9. The second-order valence-electron chi connectivity index (χ2n) is 7.94. The Kier molecular flexibility index (Phi) is 7.00. The van der Waals surface area contributed by atoms with E-state index >= 15 is 0 Å². The monoisotopic (exact) mass is 409 g/mol. The van der Waals surface area contributed by atoms with Gasteiger partial charge in [-0.25, -0.2) is 0 Å². The van der Waals surface area contributed by atoms with E-state index in [1.54, 1.807) is 20.3 Å². The number of carbonyl (C=O) groups is 1. The predicted octanol–water partition coefficient (Wildman–Crippen LogP) is 4.29. The molecule has 30 heavy (non-hydrogen) atoms. The molecule has 160 valence electrons. The van der Waals surface area contributed by atoms with Crippen molar-refractivity contribution in [1.29, 1.82) is 0 Å². The second kappa shape index (κ2) is 9.67. The number of carbonyl (C=O) groups excluding carboxylic acids is 1. The van der Waals surface area contributed by atoms with E-state index in [2.05, 4.69) is 54.1 Å². The first-order valence-electron chi connectivity index (χ1n) is 10.3. The van der Waals surface area contributed by atoms with Gasteiger partial charge in [-0.3, -0.25) is 4.79 Å². The molecule has 0 radical (unpaired) electrons. The van der Waals surface area contributed by atoms with Gasteiger partial charge in [0.05, 0.1) is 19.9 Å². The molecule has 0 spiro atoms. The molecule has 1 aliphatic heterocycles. The van der Waals surface area contributed by atoms with Crippen molar-refractivity contribution in [2.45, 2.75) is 33.4 Å². The van der Waals surface area contributed by atoms with Crippen molar-refractivity contribution in [3.63, 3.8) is 0 Å². The van der Waals surface area contributed by atoms with Crippen LogP contribution in [0, 0.1) is 5.92 Å². The summed E-state index contributed by atoms with van der Waals surface area (Å²) in [7, 11) is 3.17. The van der Waals surface area contributed by atoms with E-state index in [4.69, 9.17) is 9.47 Å². The molecule has 2 aromatic rings. The molecular weight excluding hydrogens is 378 g/mol. The van der Waals surface area contributed by atoms with Gasteiger partial charge in [0.2, 0.25) is 0 Å². The zero-order valence-corrected chi connectivity index (χ0v) is 18.3. The smallest absolute Gasteiger partial charge is 0.256 e. The number of ether oxygens (including phenoxy) is 2. The van der Waals surface area contributed by atoms with Crippen LogP contribution in [0.5, 0.6) is 11.5 Å². The van der Waals surface area contributed by atoms with E-state index in [0.717, 1.165) is 30.0 Å². The Hall–Kier alpha value is -2.99. The predicted molar refractivity (Wildman–Crippen MR) is 122 cm³/mol. The van der Waals surface area contributed by atoms with Crippen molar-refractivity contribution in [2.75, 3.05) is 31.4 Å². The average Bonchev–Trinajstić information content (AvgIpc) is 3.02. The van der Waals surface area contributed by atoms with Gasteiger partial charge in [-0.1, -0.05) is 26.0 Å². The number of hydrogen-bond acceptors (Lipinski definition) is 5. The lowest BCUT2D eigenvalue weighted by Crippen LogP contribution is -2.19. The summed E-state index contributed by atoms with van der Waals surface area (Å²) in [6, 6.07) is 12.0. The van der Waals surface area contributed by atoms with Crippen LogP contribution >= 0.6 is 0 Å². The number of nitrogens with one attached hydrogen (secondary N) is 3. The molecular formula is C24H31N3O3. The molecule has 1 aliphatic rings. The third kappa shape index (κ3) is 5.13. The molecule has 0 bridgehead atoms. The Morgan fingerprint density at radius 2 is 1.70 bits per heavy atom. The van der Waals surface area contributed by atoms with Crippen LogP contribution in [-0.4, -0.2) is 32.7 Å². The summed E-state index contributed by atoms with van der Waals surface area (Å²) in [5, 5.41) is 9.79. The van der Waals surface area contributed by atoms with Crippen LogP contribution in [0.1, 0.15) is 31.9 Å². The maximum Gasteiger partial charge on any atom is 0.256 e. The molecule has 0 saturated carbocycles. The minimum Gasteiger partial charge on any atom is -0.493 e. The fraction of sp³-hybridized carbons (Fsp3) is 0.375. The molecule has 0 aliphatic carbocycles. The van der Waals surface area contributed by atoms with Gasteiger partial charge in [-0.15, -0.1) is 0 Å². The minimum absolute atomic E-state index is 0.0327. The maximum absolute atomic E-state index is 12.5. The third-order valence-corrected chi connectivity index (χ3v) is 4.95. The van der Waals surface area contributed by atoms with E-state index in [9.17, 15) is 4.79 Å². The van der Waals surface area contributed by atoms with Crippen molar-refractivity contribution >= 4 is 22.9 Å². The summed E-state index contributed by atoms with van der Waals surface area (Å²) < 4.78 is 10.7. The van der Waals surface area contributed by atoms with Crippen LogP contribution in [0.3, 0.4) is 0 Å². The van der Waals surface area contributed by atoms with Gasteiger partial charge in [0.1, 0.15) is 0 Å². The normalized spacial score (nSPS) is 15.1. The largest absolute Gasteiger partial charge is 0.493 e. The van der Waals surface area contributed by atoms with Crippen molar-refractivity contribution in [3.8, 4) is 11.5 Å². The molecule has 6 nitrogen and oxygen atoms in total. The van der Waals surface area contributed by atoms with Gasteiger partial charge in [0.25, 0.3) is 5.91 Å². The Morgan fingerprint density at radius 1 is 1.03 bits per heavy atom. The SMILES string of the molecule is COc1cc2c(cc1OC)C(=CC(C)Nc1ccc(CNCC(C)C)cc1)C(=O)N2. The van der Waals surface area contributed by atoms with Crippen molar-refractivity contribution in [3.05, 3.63) is 53.6 Å². The first kappa shape index (κ1) is 21.7. The van der Waals surface area contributed by atoms with Gasteiger partial charge < -0.3 is 25.4 Å². The van der Waals surface area contributed by atoms with Crippen molar-refractivity contribution < 1.29 is 14.3 Å². The van der Waals surface area contributed by atoms with E-state index < -0.39 is 0 Å². The highest BCUT2D eigenvalue weighted by atomic mass is 16.5. The van der Waals surface area contributed by atoms with Gasteiger partial charge >= 0.3 is 0 Å². The Morgan fingerprint density at radius 3 is 2.33 bits per heavy atom. The summed E-state index contributed by atoms with van der Waals surface area (Å²) in [6.45, 7) is 8.29. The quantitative estimate of drug-likeness (QED) is 0.539. The summed E-state index contributed by atoms with van der Waals surface area (Å²) in [6.07, 6.45) is 1.94. The number of methoxy groups -OCH3 is 2. The fourth-order valence-corrected chi connectivity index (χ4v) is 3.46. The van der Waals surface area contributed by atoms with Gasteiger partial charge in [0, 0.05) is 35.5 Å². The summed E-state index contributed by atoms with van der Waals surface area (Å²) in [4.78, 5) is 12.5. The molecule has 1 heterocycles. The summed E-state index contributed by atoms with van der Waals surface area (Å²) in [5.41, 5.74) is 4.43. The van der Waals surface area contributed by atoms with Crippen molar-refractivity contribution in [2.24, 2.45) is 5.92 Å². The molecule has 2 aromatic carbocycles. The van der Waals surface area contributed by atoms with Crippen LogP contribution in [0.25, 0.3) is 5.57 Å². The standard InChI is InChI=1S/C24H31N3O3/c1-15(2)13-25-14-17-6-8-18(9-7-17)26-16(3)10-20-19-11-22(29-4)23(30-5)12-21(19)27-24(20)28/h6-12,15-16,25-26H,13-14H2,1-5H3,(H,27,28). The average molecular weight is 410 g/mol. The number of benzene rings is 2. The summed E-state index contributed by atoms with van der Waals surface area (Å²) >= 11 is 0. The lowest BCUT2D eigenvalue weighted by Gasteiger charge is -2.14. The minimum atomic E-state index is -0.125. The lowest BCUT2D eigenvalue weighted by molar-refractivity contribution is -0.110. The summed E-state index contributed by atoms with van der Waals surface area (Å²) in [5.74, 6) is 1.70. The number of amides is 1. The molecule has 1 atom stereocenters. The number of anilines is 2. The Bertz CT molecular complexity index is 920. The van der Waals surface area contributed by atoms with Gasteiger partial charge in [-0.2, -0.15) is 0 Å². The van der Waals surface area contributed by atoms with Crippen LogP contribution in [-0.2, 0) is 11.3 Å². The van der Waals surface area contributed by atoms with Crippen LogP contribution in [0.4, 0.5) is 11.4 Å². The van der Waals surface area contributed by atoms with Gasteiger partial charge in [-0.05, 0) is 49.2 Å².